The van der Waals surface area contributed by atoms with E-state index in [1.54, 1.807) is 26.8 Å². The van der Waals surface area contributed by atoms with E-state index in [2.05, 4.69) is 6.92 Å². The first-order valence-corrected chi connectivity index (χ1v) is 15.2. The third kappa shape index (κ3) is 10.7. The summed E-state index contributed by atoms with van der Waals surface area (Å²) in [6, 6.07) is 9.66. The molecule has 1 aromatic rings. The summed E-state index contributed by atoms with van der Waals surface area (Å²) in [5.74, 6) is -2.71. The number of esters is 2. The number of carbonyl (C=O) groups is 3. The summed E-state index contributed by atoms with van der Waals surface area (Å²) in [7, 11) is 2.70. The van der Waals surface area contributed by atoms with E-state index in [1.807, 2.05) is 30.3 Å². The topological polar surface area (TPSA) is 118 Å². The zero-order valence-corrected chi connectivity index (χ0v) is 26.6. The Kier molecular flexibility index (Phi) is 15.3. The van der Waals surface area contributed by atoms with Crippen LogP contribution in [0.3, 0.4) is 0 Å². The van der Waals surface area contributed by atoms with Crippen LogP contribution in [-0.2, 0) is 44.7 Å². The minimum Gasteiger partial charge on any atom is -0.466 e. The van der Waals surface area contributed by atoms with Crippen molar-refractivity contribution in [3.05, 3.63) is 59.7 Å². The number of rotatable bonds is 18. The number of benzene rings is 1. The monoisotopic (exact) mass is 602 g/mol. The lowest BCUT2D eigenvalue weighted by Crippen LogP contribution is -2.63. The van der Waals surface area contributed by atoms with Crippen molar-refractivity contribution in [2.75, 3.05) is 14.2 Å². The van der Waals surface area contributed by atoms with Crippen molar-refractivity contribution >= 4 is 18.2 Å². The number of aliphatic hydroxyl groups is 1. The maximum atomic E-state index is 13.1. The molecule has 43 heavy (non-hydrogen) atoms. The number of aldehydes is 1. The maximum Gasteiger partial charge on any atom is 0.330 e. The van der Waals surface area contributed by atoms with Crippen molar-refractivity contribution in [1.82, 2.24) is 0 Å². The van der Waals surface area contributed by atoms with Gasteiger partial charge in [0, 0.05) is 31.4 Å². The molecule has 0 saturated carbocycles. The first-order valence-electron chi connectivity index (χ1n) is 15.2. The van der Waals surface area contributed by atoms with Crippen LogP contribution in [0.15, 0.2) is 54.1 Å². The molecular weight excluding hydrogens is 552 g/mol. The molecule has 0 aromatic heterocycles. The number of aliphatic hydroxyl groups excluding tert-OH is 1. The van der Waals surface area contributed by atoms with Crippen LogP contribution >= 0.6 is 0 Å². The predicted octanol–water partition coefficient (Wildman–Crippen LogP) is 5.63. The summed E-state index contributed by atoms with van der Waals surface area (Å²) in [5.41, 5.74) is 0.390. The molecule has 9 nitrogen and oxygen atoms in total. The van der Waals surface area contributed by atoms with Gasteiger partial charge in [-0.3, -0.25) is 9.59 Å². The van der Waals surface area contributed by atoms with Gasteiger partial charge in [-0.2, -0.15) is 0 Å². The highest BCUT2D eigenvalue weighted by molar-refractivity contribution is 5.83. The van der Waals surface area contributed by atoms with Crippen molar-refractivity contribution in [3.8, 4) is 0 Å². The molecule has 0 aliphatic carbocycles. The van der Waals surface area contributed by atoms with Crippen molar-refractivity contribution in [2.24, 2.45) is 5.41 Å². The lowest BCUT2D eigenvalue weighted by molar-refractivity contribution is -0.338. The van der Waals surface area contributed by atoms with Gasteiger partial charge in [0.15, 0.2) is 6.10 Å². The van der Waals surface area contributed by atoms with Crippen LogP contribution in [0.1, 0.15) is 84.6 Å². The molecule has 1 N–H and O–H groups in total. The maximum absolute atomic E-state index is 13.1. The number of unbranched alkanes of at least 4 members (excludes halogenated alkanes) is 4. The van der Waals surface area contributed by atoms with Crippen LogP contribution in [0.25, 0.3) is 0 Å². The van der Waals surface area contributed by atoms with Crippen molar-refractivity contribution in [1.29, 1.82) is 0 Å². The van der Waals surface area contributed by atoms with Gasteiger partial charge in [-0.05, 0) is 37.0 Å². The Hall–Kier alpha value is -2.85. The summed E-state index contributed by atoms with van der Waals surface area (Å²) in [4.78, 5) is 36.9. The lowest BCUT2D eigenvalue weighted by Gasteiger charge is -2.53. The van der Waals surface area contributed by atoms with Gasteiger partial charge in [0.1, 0.15) is 6.29 Å². The summed E-state index contributed by atoms with van der Waals surface area (Å²) in [6.07, 6.45) is 7.00. The van der Waals surface area contributed by atoms with Crippen LogP contribution in [0, 0.1) is 5.41 Å². The summed E-state index contributed by atoms with van der Waals surface area (Å²) in [5, 5.41) is 11.1. The number of methoxy groups -OCH3 is 2. The Morgan fingerprint density at radius 2 is 1.84 bits per heavy atom. The second kappa shape index (κ2) is 18.1. The second-order valence-corrected chi connectivity index (χ2v) is 11.6. The molecule has 1 aromatic carbocycles. The van der Waals surface area contributed by atoms with Gasteiger partial charge in [0.05, 0.1) is 32.0 Å². The number of hydrogen-bond donors (Lipinski definition) is 1. The summed E-state index contributed by atoms with van der Waals surface area (Å²) >= 11 is 0. The zero-order chi connectivity index (χ0) is 31.9. The van der Waals surface area contributed by atoms with Gasteiger partial charge >= 0.3 is 11.9 Å². The van der Waals surface area contributed by atoms with Gasteiger partial charge in [0.2, 0.25) is 5.79 Å². The molecule has 1 saturated heterocycles. The molecular formula is C34H50O9. The van der Waals surface area contributed by atoms with Crippen molar-refractivity contribution < 1.29 is 43.2 Å². The molecule has 1 fully saturated rings. The summed E-state index contributed by atoms with van der Waals surface area (Å²) < 4.78 is 29.6. The molecule has 5 atom stereocenters. The lowest BCUT2D eigenvalue weighted by atomic mass is 9.74. The van der Waals surface area contributed by atoms with E-state index in [9.17, 15) is 19.5 Å². The fourth-order valence-electron chi connectivity index (χ4n) is 5.34. The molecule has 1 aliphatic rings. The average molecular weight is 603 g/mol. The highest BCUT2D eigenvalue weighted by Gasteiger charge is 2.59. The third-order valence-electron chi connectivity index (χ3n) is 7.92. The Morgan fingerprint density at radius 3 is 2.47 bits per heavy atom. The number of allylic oxidation sites excluding steroid dienone is 1. The van der Waals surface area contributed by atoms with Crippen LogP contribution in [0.5, 0.6) is 0 Å². The van der Waals surface area contributed by atoms with Gasteiger partial charge in [-0.15, -0.1) is 0 Å². The first kappa shape index (κ1) is 36.3. The van der Waals surface area contributed by atoms with E-state index in [1.165, 1.54) is 26.4 Å². The van der Waals surface area contributed by atoms with Gasteiger partial charge in [-0.1, -0.05) is 82.9 Å². The SMILES string of the molecule is CCCCCCCC(=O)O[C@H]1C(=CC(=O)OC)CC(C[C@@H](O)[C@@H](C)OCc2ccccc2)O[C@@]1(OC)C(C)(C)C=CC=O. The average Bonchev–Trinajstić information content (AvgIpc) is 3.00. The highest BCUT2D eigenvalue weighted by atomic mass is 16.7. The molecule has 0 spiro atoms. The molecule has 1 heterocycles. The van der Waals surface area contributed by atoms with E-state index in [0.29, 0.717) is 24.9 Å². The predicted molar refractivity (Wildman–Crippen MR) is 163 cm³/mol. The number of hydrogen-bond acceptors (Lipinski definition) is 9. The molecule has 0 bridgehead atoms. The van der Waals surface area contributed by atoms with Crippen LogP contribution < -0.4 is 0 Å². The molecule has 240 valence electrons. The fourth-order valence-corrected chi connectivity index (χ4v) is 5.34. The van der Waals surface area contributed by atoms with Crippen LogP contribution in [0.2, 0.25) is 0 Å². The van der Waals surface area contributed by atoms with Crippen molar-refractivity contribution in [2.45, 2.75) is 116 Å². The zero-order valence-electron chi connectivity index (χ0n) is 26.6. The van der Waals surface area contributed by atoms with Crippen LogP contribution in [0.4, 0.5) is 0 Å². The molecule has 2 rings (SSSR count). The van der Waals surface area contributed by atoms with E-state index in [4.69, 9.17) is 23.7 Å². The number of ether oxygens (including phenoxy) is 5. The Bertz CT molecular complexity index is 1060. The smallest absolute Gasteiger partial charge is 0.330 e. The molecule has 1 aliphatic heterocycles. The number of carbonyl (C=O) groups excluding carboxylic acids is 3. The Balaban J connectivity index is 2.38. The molecule has 0 radical (unpaired) electrons. The fraction of sp³-hybridized carbons (Fsp3) is 0.618. The summed E-state index contributed by atoms with van der Waals surface area (Å²) in [6.45, 7) is 7.83. The normalized spacial score (nSPS) is 23.2. The second-order valence-electron chi connectivity index (χ2n) is 11.6. The van der Waals surface area contributed by atoms with E-state index in [-0.39, 0.29) is 19.3 Å². The first-order chi connectivity index (χ1) is 20.5. The molecule has 9 heteroatoms. The van der Waals surface area contributed by atoms with E-state index >= 15 is 0 Å². The quantitative estimate of drug-likeness (QED) is 0.0988. The standard InChI is InChI=1S/C34H50O9/c1-7-8-9-10-14-18-30(37)42-32-27(22-31(38)39-5)21-28(43-34(32,40-6)33(3,4)19-15-20-35)23-29(36)25(2)41-24-26-16-12-11-13-17-26/h11-13,15-17,19-20,22,25,28-29,32,36H,7-10,14,18,21,23-24H2,1-6H3/t25-,28?,29-,32+,34-/m1/s1. The molecule has 1 unspecified atom stereocenters. The highest BCUT2D eigenvalue weighted by Crippen LogP contribution is 2.48. The van der Waals surface area contributed by atoms with Crippen LogP contribution in [-0.4, -0.2) is 67.8 Å². The Morgan fingerprint density at radius 1 is 1.14 bits per heavy atom. The van der Waals surface area contributed by atoms with Gasteiger partial charge in [-0.25, -0.2) is 4.79 Å². The largest absolute Gasteiger partial charge is 0.466 e. The Labute approximate surface area is 256 Å². The minimum atomic E-state index is -1.64. The van der Waals surface area contributed by atoms with E-state index in [0.717, 1.165) is 31.2 Å². The van der Waals surface area contributed by atoms with E-state index < -0.39 is 47.6 Å². The van der Waals surface area contributed by atoms with Gasteiger partial charge < -0.3 is 28.8 Å². The van der Waals surface area contributed by atoms with Gasteiger partial charge in [0.25, 0.3) is 0 Å². The third-order valence-corrected chi connectivity index (χ3v) is 7.92. The van der Waals surface area contributed by atoms with Crippen molar-refractivity contribution in [3.63, 3.8) is 0 Å². The molecule has 0 amide bonds. The minimum absolute atomic E-state index is 0.144.